The smallest absolute Gasteiger partial charge is 0.286 e. The van der Waals surface area contributed by atoms with Crippen LogP contribution in [0.4, 0.5) is 5.95 Å². The van der Waals surface area contributed by atoms with Gasteiger partial charge < -0.3 is 14.5 Å². The van der Waals surface area contributed by atoms with Gasteiger partial charge in [0.1, 0.15) is 6.33 Å². The Morgan fingerprint density at radius 3 is 2.73 bits per heavy atom. The Bertz CT molecular complexity index is 915. The molecule has 9 nitrogen and oxygen atoms in total. The number of aromatic nitrogens is 4. The number of rotatable bonds is 4. The van der Waals surface area contributed by atoms with Crippen LogP contribution in [0.15, 0.2) is 28.4 Å². The van der Waals surface area contributed by atoms with Crippen LogP contribution in [-0.4, -0.2) is 34.4 Å². The van der Waals surface area contributed by atoms with Gasteiger partial charge in [-0.15, -0.1) is 11.3 Å². The zero-order chi connectivity index (χ0) is 15.5. The number of hydrogen-bond donors (Lipinski definition) is 3. The van der Waals surface area contributed by atoms with Crippen molar-refractivity contribution in [2.24, 2.45) is 5.10 Å². The minimum absolute atomic E-state index is 0.246. The van der Waals surface area contributed by atoms with Gasteiger partial charge in [0.05, 0.1) is 24.4 Å². The lowest BCUT2D eigenvalue weighted by molar-refractivity contribution is 0.356. The molecule has 0 saturated heterocycles. The molecular weight excluding hydrogens is 308 g/mol. The van der Waals surface area contributed by atoms with Crippen LogP contribution in [0.1, 0.15) is 0 Å². The topological polar surface area (TPSA) is 117 Å². The number of methoxy groups -OCH3 is 2. The van der Waals surface area contributed by atoms with Crippen LogP contribution in [0, 0.1) is 0 Å². The highest BCUT2D eigenvalue weighted by molar-refractivity contribution is 7.16. The summed E-state index contributed by atoms with van der Waals surface area (Å²) >= 11 is 1.21. The molecule has 114 valence electrons. The van der Waals surface area contributed by atoms with E-state index in [1.54, 1.807) is 19.2 Å². The second-order valence-corrected chi connectivity index (χ2v) is 5.15. The third kappa shape index (κ3) is 2.63. The maximum absolute atomic E-state index is 12.0. The molecule has 0 unspecified atom stereocenters. The van der Waals surface area contributed by atoms with Crippen LogP contribution in [0.25, 0.3) is 10.2 Å². The highest BCUT2D eigenvalue weighted by Crippen LogP contribution is 2.31. The van der Waals surface area contributed by atoms with E-state index < -0.39 is 0 Å². The monoisotopic (exact) mass is 320 g/mol. The summed E-state index contributed by atoms with van der Waals surface area (Å²) in [5.74, 6) is 1.47. The van der Waals surface area contributed by atoms with Crippen molar-refractivity contribution in [2.75, 3.05) is 19.6 Å². The van der Waals surface area contributed by atoms with Crippen LogP contribution in [-0.2, 0) is 0 Å². The number of benzene rings is 1. The molecule has 0 amide bonds. The molecule has 3 aromatic rings. The van der Waals surface area contributed by atoms with Crippen molar-refractivity contribution in [2.45, 2.75) is 0 Å². The molecule has 0 aliphatic rings. The molecule has 0 spiro atoms. The van der Waals surface area contributed by atoms with Crippen molar-refractivity contribution in [3.05, 3.63) is 33.5 Å². The second kappa shape index (κ2) is 5.85. The molecule has 1 aromatic carbocycles. The van der Waals surface area contributed by atoms with Gasteiger partial charge in [-0.1, -0.05) is 0 Å². The lowest BCUT2D eigenvalue weighted by atomic mass is 10.3. The molecule has 0 aliphatic carbocycles. The average molecular weight is 320 g/mol. The first-order chi connectivity index (χ1) is 10.7. The van der Waals surface area contributed by atoms with Crippen molar-refractivity contribution >= 4 is 27.5 Å². The van der Waals surface area contributed by atoms with Crippen LogP contribution < -0.4 is 25.1 Å². The zero-order valence-electron chi connectivity index (χ0n) is 11.7. The minimum atomic E-state index is -0.322. The van der Waals surface area contributed by atoms with E-state index in [1.165, 1.54) is 24.8 Å². The lowest BCUT2D eigenvalue weighted by Gasteiger charge is -2.08. The first kappa shape index (κ1) is 14.1. The summed E-state index contributed by atoms with van der Waals surface area (Å²) in [7, 11) is 3.09. The van der Waals surface area contributed by atoms with Gasteiger partial charge in [0, 0.05) is 12.1 Å². The van der Waals surface area contributed by atoms with E-state index in [-0.39, 0.29) is 10.2 Å². The SMILES string of the molecule is COc1cc2[nH]c(=O)/c(=N\Nc3ncn[nH]3)sc2cc1OC. The Hall–Kier alpha value is -2.88. The molecule has 0 atom stereocenters. The number of nitrogens with zero attached hydrogens (tertiary/aromatic N) is 3. The summed E-state index contributed by atoms with van der Waals surface area (Å²) in [5.41, 5.74) is 2.95. The number of hydrogen-bond acceptors (Lipinski definition) is 8. The molecule has 22 heavy (non-hydrogen) atoms. The largest absolute Gasteiger partial charge is 0.493 e. The number of H-pyrrole nitrogens is 2. The quantitative estimate of drug-likeness (QED) is 0.608. The molecule has 0 aliphatic heterocycles. The molecule has 2 heterocycles. The summed E-state index contributed by atoms with van der Waals surface area (Å²) in [6.07, 6.45) is 1.34. The van der Waals surface area contributed by atoms with Gasteiger partial charge in [-0.2, -0.15) is 15.2 Å². The van der Waals surface area contributed by atoms with Gasteiger partial charge in [0.25, 0.3) is 5.56 Å². The predicted octanol–water partition coefficient (Wildman–Crippen LogP) is 0.653. The Kier molecular flexibility index (Phi) is 3.74. The fourth-order valence-electron chi connectivity index (χ4n) is 1.81. The van der Waals surface area contributed by atoms with Crippen molar-refractivity contribution in [3.63, 3.8) is 0 Å². The standard InChI is InChI=1S/C12H12N6O3S/c1-20-7-3-6-9(4-8(7)21-2)22-11(10(19)15-6)16-18-12-13-5-14-17-12/h3-5H,1-2H3,(H,15,19)(H2,13,14,17,18)/b16-11+. The van der Waals surface area contributed by atoms with E-state index in [9.17, 15) is 4.79 Å². The first-order valence-corrected chi connectivity index (χ1v) is 6.97. The number of ether oxygens (including phenoxy) is 2. The summed E-state index contributed by atoms with van der Waals surface area (Å²) in [5, 5.41) is 10.3. The minimum Gasteiger partial charge on any atom is -0.493 e. The Balaban J connectivity index is 2.11. The highest BCUT2D eigenvalue weighted by atomic mass is 32.1. The molecule has 0 bridgehead atoms. The third-order valence-corrected chi connectivity index (χ3v) is 3.84. The van der Waals surface area contributed by atoms with E-state index in [2.05, 4.69) is 30.7 Å². The summed E-state index contributed by atoms with van der Waals surface area (Å²) < 4.78 is 11.5. The summed E-state index contributed by atoms with van der Waals surface area (Å²) in [4.78, 5) is 18.7. The fourth-order valence-corrected chi connectivity index (χ4v) is 2.63. The third-order valence-electron chi connectivity index (χ3n) is 2.81. The highest BCUT2D eigenvalue weighted by Gasteiger charge is 2.08. The maximum atomic E-state index is 12.0. The molecule has 10 heteroatoms. The number of anilines is 1. The number of fused-ring (bicyclic) bond motifs is 1. The van der Waals surface area contributed by atoms with Crippen molar-refractivity contribution in [3.8, 4) is 11.5 Å². The first-order valence-electron chi connectivity index (χ1n) is 6.15. The van der Waals surface area contributed by atoms with Gasteiger partial charge >= 0.3 is 0 Å². The number of nitrogens with one attached hydrogen (secondary N) is 3. The normalized spacial score (nSPS) is 11.6. The maximum Gasteiger partial charge on any atom is 0.286 e. The van der Waals surface area contributed by atoms with E-state index in [1.807, 2.05) is 0 Å². The van der Waals surface area contributed by atoms with Crippen molar-refractivity contribution in [1.82, 2.24) is 20.2 Å². The van der Waals surface area contributed by atoms with Gasteiger partial charge in [-0.05, 0) is 0 Å². The van der Waals surface area contributed by atoms with Gasteiger partial charge in [-0.3, -0.25) is 4.79 Å². The molecule has 3 rings (SSSR count). The molecular formula is C12H12N6O3S. The van der Waals surface area contributed by atoms with Crippen LogP contribution >= 0.6 is 11.3 Å². The molecule has 0 radical (unpaired) electrons. The van der Waals surface area contributed by atoms with E-state index >= 15 is 0 Å². The molecule has 3 N–H and O–H groups in total. The summed E-state index contributed by atoms with van der Waals surface area (Å²) in [6.45, 7) is 0. The molecule has 2 aromatic heterocycles. The summed E-state index contributed by atoms with van der Waals surface area (Å²) in [6, 6.07) is 3.49. The molecule has 0 saturated carbocycles. The Morgan fingerprint density at radius 2 is 2.05 bits per heavy atom. The second-order valence-electron chi connectivity index (χ2n) is 4.12. The Morgan fingerprint density at radius 1 is 1.27 bits per heavy atom. The zero-order valence-corrected chi connectivity index (χ0v) is 12.5. The number of aromatic amines is 2. The fraction of sp³-hybridized carbons (Fsp3) is 0.167. The van der Waals surface area contributed by atoms with Gasteiger partial charge in [0.2, 0.25) is 10.6 Å². The van der Waals surface area contributed by atoms with E-state index in [0.717, 1.165) is 4.70 Å². The van der Waals surface area contributed by atoms with Gasteiger partial charge in [-0.25, -0.2) is 10.5 Å². The van der Waals surface area contributed by atoms with E-state index in [0.29, 0.717) is 23.0 Å². The van der Waals surface area contributed by atoms with Crippen molar-refractivity contribution in [1.29, 1.82) is 0 Å². The average Bonchev–Trinajstić information content (AvgIpc) is 3.05. The molecule has 0 fully saturated rings. The van der Waals surface area contributed by atoms with Crippen molar-refractivity contribution < 1.29 is 9.47 Å². The predicted molar refractivity (Wildman–Crippen MR) is 81.1 cm³/mol. The Labute approximate surface area is 127 Å². The van der Waals surface area contributed by atoms with Crippen LogP contribution in [0.5, 0.6) is 11.5 Å². The van der Waals surface area contributed by atoms with Crippen LogP contribution in [0.3, 0.4) is 0 Å². The van der Waals surface area contributed by atoms with Gasteiger partial charge in [0.15, 0.2) is 11.5 Å². The van der Waals surface area contributed by atoms with E-state index in [4.69, 9.17) is 9.47 Å². The van der Waals surface area contributed by atoms with Crippen LogP contribution in [0.2, 0.25) is 0 Å². The lowest BCUT2D eigenvalue weighted by Crippen LogP contribution is -2.26.